The maximum absolute atomic E-state index is 13.6. The summed E-state index contributed by atoms with van der Waals surface area (Å²) in [7, 11) is 0. The van der Waals surface area contributed by atoms with Crippen molar-refractivity contribution in [2.24, 2.45) is 11.8 Å². The van der Waals surface area contributed by atoms with E-state index >= 15 is 0 Å². The van der Waals surface area contributed by atoms with Gasteiger partial charge in [0.25, 0.3) is 11.5 Å². The van der Waals surface area contributed by atoms with Crippen LogP contribution in [-0.4, -0.2) is 20.5 Å². The average Bonchev–Trinajstić information content (AvgIpc) is 3.11. The molecule has 24 heavy (non-hydrogen) atoms. The highest BCUT2D eigenvalue weighted by molar-refractivity contribution is 7.17. The van der Waals surface area contributed by atoms with Crippen LogP contribution in [0.2, 0.25) is 0 Å². The lowest BCUT2D eigenvalue weighted by molar-refractivity contribution is 0.0689. The summed E-state index contributed by atoms with van der Waals surface area (Å²) in [5.41, 5.74) is 1.50. The third-order valence-electron chi connectivity index (χ3n) is 5.21. The van der Waals surface area contributed by atoms with Crippen molar-refractivity contribution >= 4 is 32.9 Å². The number of nitrogens with zero attached hydrogens (tertiary/aromatic N) is 3. The Kier molecular flexibility index (Phi) is 2.87. The Morgan fingerprint density at radius 3 is 2.71 bits per heavy atom. The van der Waals surface area contributed by atoms with E-state index in [0.717, 1.165) is 5.56 Å². The fraction of sp³-hybridized carbons (Fsp3) is 0.438. The fourth-order valence-corrected chi connectivity index (χ4v) is 5.47. The molecule has 0 spiro atoms. The fourth-order valence-electron chi connectivity index (χ4n) is 3.91. The zero-order valence-electron chi connectivity index (χ0n) is 12.7. The van der Waals surface area contributed by atoms with Crippen molar-refractivity contribution in [1.29, 1.82) is 0 Å². The van der Waals surface area contributed by atoms with Gasteiger partial charge in [0.1, 0.15) is 10.5 Å². The minimum atomic E-state index is -2.52. The van der Waals surface area contributed by atoms with Gasteiger partial charge in [-0.25, -0.2) is 23.3 Å². The predicted octanol–water partition coefficient (Wildman–Crippen LogP) is 3.97. The van der Waals surface area contributed by atoms with Crippen molar-refractivity contribution in [1.82, 2.24) is 14.5 Å². The molecule has 0 bridgehead atoms. The molecule has 124 valence electrons. The molecule has 3 heterocycles. The zero-order chi connectivity index (χ0) is 16.6. The summed E-state index contributed by atoms with van der Waals surface area (Å²) in [6.45, 7) is 1.92. The first-order valence-electron chi connectivity index (χ1n) is 7.77. The highest BCUT2D eigenvalue weighted by Crippen LogP contribution is 2.67. The van der Waals surface area contributed by atoms with Crippen LogP contribution in [0.25, 0.3) is 15.3 Å². The normalized spacial score (nSPS) is 27.5. The van der Waals surface area contributed by atoms with E-state index in [-0.39, 0.29) is 11.5 Å². The molecule has 2 aliphatic carbocycles. The van der Waals surface area contributed by atoms with E-state index in [2.05, 4.69) is 4.98 Å². The van der Waals surface area contributed by atoms with Crippen LogP contribution in [0.1, 0.15) is 30.1 Å². The Morgan fingerprint density at radius 2 is 2.04 bits per heavy atom. The Balaban J connectivity index is 1.71. The molecule has 0 aliphatic heterocycles. The highest BCUT2D eigenvalue weighted by atomic mass is 32.1. The SMILES string of the molecule is Cc1csc2c(=O)n(-c3nccs3)c(C3C[C@@H]4[C@H](C3)C4(F)F)nc12. The molecule has 2 fully saturated rings. The van der Waals surface area contributed by atoms with Crippen LogP contribution in [0, 0.1) is 18.8 Å². The summed E-state index contributed by atoms with van der Waals surface area (Å²) in [5.74, 6) is -3.15. The molecular formula is C16H13F2N3OS2. The Bertz CT molecular complexity index is 994. The van der Waals surface area contributed by atoms with Crippen molar-refractivity contribution in [2.75, 3.05) is 0 Å². The first kappa shape index (κ1) is 14.7. The van der Waals surface area contributed by atoms with E-state index in [0.29, 0.717) is 34.0 Å². The summed E-state index contributed by atoms with van der Waals surface area (Å²) >= 11 is 2.73. The van der Waals surface area contributed by atoms with E-state index in [4.69, 9.17) is 4.98 Å². The smallest absolute Gasteiger partial charge is 0.267 e. The van der Waals surface area contributed by atoms with Gasteiger partial charge < -0.3 is 0 Å². The Labute approximate surface area is 143 Å². The standard InChI is InChI=1S/C16H13F2N3OS2/c1-7-6-24-12-11(7)20-13(8-4-9-10(5-8)16(9,17)18)21(14(12)22)15-19-2-3-23-15/h2-3,6,8-10H,4-5H2,1H3/t8?,9-,10+. The van der Waals surface area contributed by atoms with E-state index < -0.39 is 17.8 Å². The van der Waals surface area contributed by atoms with Gasteiger partial charge >= 0.3 is 0 Å². The molecule has 4 nitrogen and oxygen atoms in total. The van der Waals surface area contributed by atoms with E-state index in [1.54, 1.807) is 11.6 Å². The molecule has 0 radical (unpaired) electrons. The molecule has 0 N–H and O–H groups in total. The number of thiazole rings is 1. The second kappa shape index (κ2) is 4.70. The number of alkyl halides is 2. The number of hydrogen-bond acceptors (Lipinski definition) is 5. The topological polar surface area (TPSA) is 47.8 Å². The van der Waals surface area contributed by atoms with E-state index in [1.807, 2.05) is 12.3 Å². The first-order valence-corrected chi connectivity index (χ1v) is 9.53. The van der Waals surface area contributed by atoms with Crippen molar-refractivity contribution in [3.63, 3.8) is 0 Å². The van der Waals surface area contributed by atoms with Crippen LogP contribution >= 0.6 is 22.7 Å². The number of aromatic nitrogens is 3. The maximum atomic E-state index is 13.6. The third-order valence-corrected chi connectivity index (χ3v) is 7.04. The minimum absolute atomic E-state index is 0.111. The number of fused-ring (bicyclic) bond motifs is 2. The van der Waals surface area contributed by atoms with Gasteiger partial charge in [-0.2, -0.15) is 0 Å². The Hall–Kier alpha value is -1.67. The highest BCUT2D eigenvalue weighted by Gasteiger charge is 2.71. The molecule has 3 atom stereocenters. The summed E-state index contributed by atoms with van der Waals surface area (Å²) in [5, 5.41) is 4.27. The Morgan fingerprint density at radius 1 is 1.29 bits per heavy atom. The number of hydrogen-bond donors (Lipinski definition) is 0. The quantitative estimate of drug-likeness (QED) is 0.690. The lowest BCUT2D eigenvalue weighted by Gasteiger charge is -2.18. The molecule has 0 amide bonds. The van der Waals surface area contributed by atoms with Crippen molar-refractivity contribution in [3.8, 4) is 5.13 Å². The van der Waals surface area contributed by atoms with Crippen LogP contribution in [0.5, 0.6) is 0 Å². The van der Waals surface area contributed by atoms with Crippen LogP contribution in [-0.2, 0) is 0 Å². The second-order valence-electron chi connectivity index (χ2n) is 6.58. The van der Waals surface area contributed by atoms with Gasteiger partial charge in [0.2, 0.25) is 0 Å². The van der Waals surface area contributed by atoms with Crippen molar-refractivity contribution in [2.45, 2.75) is 31.6 Å². The molecule has 2 saturated carbocycles. The molecule has 5 rings (SSSR count). The van der Waals surface area contributed by atoms with Crippen LogP contribution in [0.15, 0.2) is 21.8 Å². The van der Waals surface area contributed by atoms with Gasteiger partial charge in [0.15, 0.2) is 5.13 Å². The molecule has 3 aromatic rings. The minimum Gasteiger partial charge on any atom is -0.267 e. The molecule has 8 heteroatoms. The van der Waals surface area contributed by atoms with Crippen LogP contribution < -0.4 is 5.56 Å². The first-order chi connectivity index (χ1) is 11.5. The van der Waals surface area contributed by atoms with Gasteiger partial charge in [-0.3, -0.25) is 4.79 Å². The predicted molar refractivity (Wildman–Crippen MR) is 89.5 cm³/mol. The molecule has 0 aromatic carbocycles. The summed E-state index contributed by atoms with van der Waals surface area (Å²) in [4.78, 5) is 22.0. The third kappa shape index (κ3) is 1.84. The summed E-state index contributed by atoms with van der Waals surface area (Å²) in [6, 6.07) is 0. The number of aryl methyl sites for hydroxylation is 1. The van der Waals surface area contributed by atoms with Gasteiger partial charge in [-0.1, -0.05) is 0 Å². The molecule has 1 unspecified atom stereocenters. The van der Waals surface area contributed by atoms with E-state index in [9.17, 15) is 13.6 Å². The van der Waals surface area contributed by atoms with Gasteiger partial charge in [0.05, 0.1) is 5.52 Å². The van der Waals surface area contributed by atoms with E-state index in [1.165, 1.54) is 27.2 Å². The molecule has 0 saturated heterocycles. The summed E-state index contributed by atoms with van der Waals surface area (Å²) < 4.78 is 29.2. The lowest BCUT2D eigenvalue weighted by atomic mass is 10.0. The van der Waals surface area contributed by atoms with Crippen LogP contribution in [0.4, 0.5) is 8.78 Å². The van der Waals surface area contributed by atoms with Gasteiger partial charge in [-0.15, -0.1) is 22.7 Å². The van der Waals surface area contributed by atoms with Crippen molar-refractivity contribution in [3.05, 3.63) is 38.7 Å². The summed E-state index contributed by atoms with van der Waals surface area (Å²) in [6.07, 6.45) is 2.43. The second-order valence-corrected chi connectivity index (χ2v) is 8.33. The number of halogens is 2. The maximum Gasteiger partial charge on any atom is 0.277 e. The van der Waals surface area contributed by atoms with Gasteiger partial charge in [-0.05, 0) is 30.7 Å². The zero-order valence-corrected chi connectivity index (χ0v) is 14.3. The lowest BCUT2D eigenvalue weighted by Crippen LogP contribution is -2.25. The molecular weight excluding hydrogens is 352 g/mol. The number of rotatable bonds is 2. The van der Waals surface area contributed by atoms with Crippen LogP contribution in [0.3, 0.4) is 0 Å². The monoisotopic (exact) mass is 365 g/mol. The van der Waals surface area contributed by atoms with Gasteiger partial charge in [0, 0.05) is 29.3 Å². The number of thiophene rings is 1. The average molecular weight is 365 g/mol. The largest absolute Gasteiger partial charge is 0.277 e. The molecule has 2 aliphatic rings. The van der Waals surface area contributed by atoms with Crippen molar-refractivity contribution < 1.29 is 8.78 Å². The molecule has 3 aromatic heterocycles.